The van der Waals surface area contributed by atoms with Gasteiger partial charge in [-0.1, -0.05) is 6.07 Å². The van der Waals surface area contributed by atoms with Crippen LogP contribution < -0.4 is 4.74 Å². The zero-order valence-electron chi connectivity index (χ0n) is 10.3. The first-order chi connectivity index (χ1) is 8.74. The van der Waals surface area contributed by atoms with Crippen LogP contribution in [-0.4, -0.2) is 29.7 Å². The normalized spacial score (nSPS) is 10.1. The molecule has 0 N–H and O–H groups in total. The second kappa shape index (κ2) is 5.35. The third-order valence-electron chi connectivity index (χ3n) is 2.59. The van der Waals surface area contributed by atoms with Crippen molar-refractivity contribution in [2.24, 2.45) is 0 Å². The average molecular weight is 246 g/mol. The lowest BCUT2D eigenvalue weighted by molar-refractivity contribution is 0.0597. The number of esters is 1. The number of carbonyl (C=O) groups is 1. The molecular formula is C13H14N2O3. The van der Waals surface area contributed by atoms with E-state index in [0.29, 0.717) is 17.9 Å². The molecule has 0 aliphatic heterocycles. The molecule has 0 aliphatic rings. The van der Waals surface area contributed by atoms with E-state index in [1.807, 2.05) is 16.8 Å². The molecule has 0 saturated carbocycles. The average Bonchev–Trinajstić information content (AvgIpc) is 2.90. The number of hydrogen-bond donors (Lipinski definition) is 0. The zero-order valence-corrected chi connectivity index (χ0v) is 10.3. The van der Waals surface area contributed by atoms with E-state index in [0.717, 1.165) is 5.56 Å². The molecule has 1 heterocycles. The van der Waals surface area contributed by atoms with E-state index < -0.39 is 5.97 Å². The van der Waals surface area contributed by atoms with Gasteiger partial charge < -0.3 is 14.0 Å². The van der Waals surface area contributed by atoms with Gasteiger partial charge in [-0.25, -0.2) is 9.78 Å². The van der Waals surface area contributed by atoms with Gasteiger partial charge in [0, 0.05) is 18.9 Å². The van der Waals surface area contributed by atoms with Crippen molar-refractivity contribution >= 4 is 5.97 Å². The fourth-order valence-electron chi connectivity index (χ4n) is 1.71. The number of aromatic nitrogens is 2. The fourth-order valence-corrected chi connectivity index (χ4v) is 1.71. The minimum absolute atomic E-state index is 0.403. The van der Waals surface area contributed by atoms with Crippen LogP contribution in [0.15, 0.2) is 36.9 Å². The number of nitrogens with zero attached hydrogens (tertiary/aromatic N) is 2. The summed E-state index contributed by atoms with van der Waals surface area (Å²) in [6.45, 7) is 0.647. The van der Waals surface area contributed by atoms with Crippen molar-refractivity contribution in [2.75, 3.05) is 14.2 Å². The van der Waals surface area contributed by atoms with Crippen LogP contribution in [0.4, 0.5) is 0 Å². The van der Waals surface area contributed by atoms with Gasteiger partial charge in [0.2, 0.25) is 0 Å². The van der Waals surface area contributed by atoms with E-state index >= 15 is 0 Å². The van der Waals surface area contributed by atoms with Crippen molar-refractivity contribution in [3.8, 4) is 5.75 Å². The first kappa shape index (κ1) is 12.2. The van der Waals surface area contributed by atoms with Crippen LogP contribution in [0.5, 0.6) is 5.75 Å². The summed E-state index contributed by atoms with van der Waals surface area (Å²) >= 11 is 0. The van der Waals surface area contributed by atoms with Crippen LogP contribution in [-0.2, 0) is 11.3 Å². The van der Waals surface area contributed by atoms with Gasteiger partial charge in [-0.05, 0) is 17.7 Å². The maximum Gasteiger partial charge on any atom is 0.341 e. The van der Waals surface area contributed by atoms with Crippen molar-refractivity contribution in [3.05, 3.63) is 48.0 Å². The Morgan fingerprint density at radius 2 is 2.22 bits per heavy atom. The lowest BCUT2D eigenvalue weighted by atomic mass is 10.1. The molecule has 0 aliphatic carbocycles. The van der Waals surface area contributed by atoms with Crippen molar-refractivity contribution in [2.45, 2.75) is 6.54 Å². The van der Waals surface area contributed by atoms with Crippen LogP contribution in [0.1, 0.15) is 15.9 Å². The summed E-state index contributed by atoms with van der Waals surface area (Å²) in [5.41, 5.74) is 1.41. The summed E-state index contributed by atoms with van der Waals surface area (Å²) in [6, 6.07) is 5.44. The van der Waals surface area contributed by atoms with Gasteiger partial charge in [-0.3, -0.25) is 0 Å². The van der Waals surface area contributed by atoms with Crippen LogP contribution in [0.2, 0.25) is 0 Å². The number of ether oxygens (including phenoxy) is 2. The molecule has 0 fully saturated rings. The smallest absolute Gasteiger partial charge is 0.341 e. The van der Waals surface area contributed by atoms with Crippen LogP contribution in [0.3, 0.4) is 0 Å². The molecule has 0 amide bonds. The molecule has 94 valence electrons. The van der Waals surface area contributed by atoms with Crippen LogP contribution in [0, 0.1) is 0 Å². The number of rotatable bonds is 4. The second-order valence-corrected chi connectivity index (χ2v) is 3.76. The largest absolute Gasteiger partial charge is 0.496 e. The monoisotopic (exact) mass is 246 g/mol. The predicted molar refractivity (Wildman–Crippen MR) is 65.7 cm³/mol. The first-order valence-corrected chi connectivity index (χ1v) is 5.45. The SMILES string of the molecule is COC(=O)c1cc(Cn2ccnc2)ccc1OC. The van der Waals surface area contributed by atoms with Crippen molar-refractivity contribution < 1.29 is 14.3 Å². The Balaban J connectivity index is 2.30. The maximum atomic E-state index is 11.6. The second-order valence-electron chi connectivity index (χ2n) is 3.76. The minimum Gasteiger partial charge on any atom is -0.496 e. The Morgan fingerprint density at radius 3 is 2.83 bits per heavy atom. The summed E-state index contributed by atoms with van der Waals surface area (Å²) in [6.07, 6.45) is 5.30. The van der Waals surface area contributed by atoms with Gasteiger partial charge in [0.25, 0.3) is 0 Å². The van der Waals surface area contributed by atoms with Crippen LogP contribution in [0.25, 0.3) is 0 Å². The molecule has 0 bridgehead atoms. The topological polar surface area (TPSA) is 53.4 Å². The molecule has 2 aromatic rings. The van der Waals surface area contributed by atoms with E-state index in [9.17, 15) is 4.79 Å². The Bertz CT molecular complexity index is 535. The lowest BCUT2D eigenvalue weighted by Gasteiger charge is -2.09. The van der Waals surface area contributed by atoms with Gasteiger partial charge in [0.15, 0.2) is 0 Å². The Hall–Kier alpha value is -2.30. The summed E-state index contributed by atoms with van der Waals surface area (Å²) in [4.78, 5) is 15.6. The molecule has 1 aromatic carbocycles. The molecule has 0 atom stereocenters. The van der Waals surface area contributed by atoms with E-state index in [4.69, 9.17) is 9.47 Å². The van der Waals surface area contributed by atoms with E-state index in [1.54, 1.807) is 24.7 Å². The standard InChI is InChI=1S/C13H14N2O3/c1-17-12-4-3-10(7-11(12)13(16)18-2)8-15-6-5-14-9-15/h3-7,9H,8H2,1-2H3. The molecule has 0 radical (unpaired) electrons. The van der Waals surface area contributed by atoms with Crippen molar-refractivity contribution in [3.63, 3.8) is 0 Å². The minimum atomic E-state index is -0.403. The summed E-state index contributed by atoms with van der Waals surface area (Å²) < 4.78 is 11.8. The number of methoxy groups -OCH3 is 2. The molecule has 5 nitrogen and oxygen atoms in total. The quantitative estimate of drug-likeness (QED) is 0.771. The third-order valence-corrected chi connectivity index (χ3v) is 2.59. The highest BCUT2D eigenvalue weighted by Gasteiger charge is 2.13. The number of hydrogen-bond acceptors (Lipinski definition) is 4. The highest BCUT2D eigenvalue weighted by Crippen LogP contribution is 2.21. The highest BCUT2D eigenvalue weighted by molar-refractivity contribution is 5.92. The Labute approximate surface area is 105 Å². The Kier molecular flexibility index (Phi) is 3.62. The van der Waals surface area contributed by atoms with Gasteiger partial charge in [0.05, 0.1) is 20.5 Å². The number of carbonyl (C=O) groups excluding carboxylic acids is 1. The van der Waals surface area contributed by atoms with E-state index in [-0.39, 0.29) is 0 Å². The summed E-state index contributed by atoms with van der Waals surface area (Å²) in [5, 5.41) is 0. The number of benzene rings is 1. The highest BCUT2D eigenvalue weighted by atomic mass is 16.5. The van der Waals surface area contributed by atoms with Gasteiger partial charge in [-0.2, -0.15) is 0 Å². The molecule has 5 heteroatoms. The number of imidazole rings is 1. The maximum absolute atomic E-state index is 11.6. The first-order valence-electron chi connectivity index (χ1n) is 5.45. The van der Waals surface area contributed by atoms with Crippen molar-refractivity contribution in [1.82, 2.24) is 9.55 Å². The third kappa shape index (κ3) is 2.51. The van der Waals surface area contributed by atoms with Crippen molar-refractivity contribution in [1.29, 1.82) is 0 Å². The molecule has 0 spiro atoms. The van der Waals surface area contributed by atoms with Gasteiger partial charge in [0.1, 0.15) is 11.3 Å². The Morgan fingerprint density at radius 1 is 1.39 bits per heavy atom. The summed E-state index contributed by atoms with van der Waals surface area (Å²) in [5.74, 6) is 0.107. The zero-order chi connectivity index (χ0) is 13.0. The molecule has 0 saturated heterocycles. The molecule has 2 rings (SSSR count). The fraction of sp³-hybridized carbons (Fsp3) is 0.231. The molecule has 0 unspecified atom stereocenters. The summed E-state index contributed by atoms with van der Waals surface area (Å²) in [7, 11) is 2.88. The lowest BCUT2D eigenvalue weighted by Crippen LogP contribution is -2.06. The van der Waals surface area contributed by atoms with E-state index in [1.165, 1.54) is 14.2 Å². The molecular weight excluding hydrogens is 232 g/mol. The van der Waals surface area contributed by atoms with Gasteiger partial charge in [-0.15, -0.1) is 0 Å². The van der Waals surface area contributed by atoms with Crippen LogP contribution >= 0.6 is 0 Å². The predicted octanol–water partition coefficient (Wildman–Crippen LogP) is 1.73. The molecule has 18 heavy (non-hydrogen) atoms. The van der Waals surface area contributed by atoms with E-state index in [2.05, 4.69) is 4.98 Å². The molecule has 1 aromatic heterocycles. The van der Waals surface area contributed by atoms with Gasteiger partial charge >= 0.3 is 5.97 Å².